The molecule has 2 atom stereocenters. The number of cyclic esters (lactones) is 1. The molecular formula is C30H26F8N4O5. The topological polar surface area (TPSA) is 105 Å². The zero-order chi connectivity index (χ0) is 34.5. The second kappa shape index (κ2) is 12.2. The number of anilines is 1. The fourth-order valence-corrected chi connectivity index (χ4v) is 5.39. The number of methoxy groups -OCH3 is 1. The number of aryl methyl sites for hydroxylation is 1. The number of hydrogen-bond acceptors (Lipinski definition) is 7. The Kier molecular flexibility index (Phi) is 8.70. The van der Waals surface area contributed by atoms with Gasteiger partial charge in [-0.25, -0.2) is 23.5 Å². The molecule has 1 aromatic heterocycles. The maximum Gasteiger partial charge on any atom is 0.416 e. The number of aromatic nitrogens is 2. The lowest BCUT2D eigenvalue weighted by Gasteiger charge is -2.38. The molecule has 47 heavy (non-hydrogen) atoms. The summed E-state index contributed by atoms with van der Waals surface area (Å²) in [4.78, 5) is 35.1. The standard InChI is InChI=1S/C30H26F8N4O5/c1-15-25(17-8-18(29(33,34)35)10-19(9-17)30(36,37)38)47-27(45)42(15)12-22-21(11-39-26(40-22)41-13-28(31,32)14-41)20-7-16(4-6-24(43)44)3-5-23(20)46-2/h3,5,7-11,15,25H,4,6,12-14H2,1-2H3,(H,43,44)/t15-,25-/m0/s1. The molecule has 2 saturated heterocycles. The quantitative estimate of drug-likeness (QED) is 0.249. The third-order valence-electron chi connectivity index (χ3n) is 7.81. The number of rotatable bonds is 9. The fourth-order valence-electron chi connectivity index (χ4n) is 5.39. The SMILES string of the molecule is COc1ccc(CCC(=O)O)cc1-c1cnc(N2CC(F)(F)C2)nc1CN1C(=O)O[C@H](c2cc(C(F)(F)F)cc(C(F)(F)F)c2)[C@@H]1C. The molecule has 0 radical (unpaired) electrons. The molecule has 9 nitrogen and oxygen atoms in total. The number of benzene rings is 2. The van der Waals surface area contributed by atoms with Gasteiger partial charge in [-0.2, -0.15) is 26.3 Å². The summed E-state index contributed by atoms with van der Waals surface area (Å²) in [5.74, 6) is -3.85. The van der Waals surface area contributed by atoms with E-state index in [-0.39, 0.29) is 41.9 Å². The maximum absolute atomic E-state index is 13.7. The Morgan fingerprint density at radius 2 is 1.68 bits per heavy atom. The molecule has 0 saturated carbocycles. The lowest BCUT2D eigenvalue weighted by molar-refractivity contribution is -0.143. The van der Waals surface area contributed by atoms with Gasteiger partial charge in [0.1, 0.15) is 11.9 Å². The van der Waals surface area contributed by atoms with Crippen LogP contribution in [0.1, 0.15) is 47.4 Å². The van der Waals surface area contributed by atoms with Gasteiger partial charge in [-0.1, -0.05) is 6.07 Å². The molecule has 17 heteroatoms. The van der Waals surface area contributed by atoms with Crippen molar-refractivity contribution in [1.29, 1.82) is 0 Å². The molecule has 1 amide bonds. The third-order valence-corrected chi connectivity index (χ3v) is 7.81. The van der Waals surface area contributed by atoms with E-state index in [0.29, 0.717) is 23.3 Å². The van der Waals surface area contributed by atoms with Crippen LogP contribution >= 0.6 is 0 Å². The van der Waals surface area contributed by atoms with Gasteiger partial charge in [0.25, 0.3) is 5.92 Å². The summed E-state index contributed by atoms with van der Waals surface area (Å²) in [5, 5.41) is 9.11. The Balaban J connectivity index is 1.54. The smallest absolute Gasteiger partial charge is 0.416 e. The molecule has 0 bridgehead atoms. The molecule has 0 unspecified atom stereocenters. The van der Waals surface area contributed by atoms with Crippen molar-refractivity contribution < 1.29 is 59.3 Å². The van der Waals surface area contributed by atoms with Gasteiger partial charge in [-0.15, -0.1) is 0 Å². The van der Waals surface area contributed by atoms with Crippen molar-refractivity contribution in [2.75, 3.05) is 25.1 Å². The van der Waals surface area contributed by atoms with Crippen molar-refractivity contribution in [3.63, 3.8) is 0 Å². The molecular weight excluding hydrogens is 648 g/mol. The number of ether oxygens (including phenoxy) is 2. The van der Waals surface area contributed by atoms with Crippen molar-refractivity contribution in [2.24, 2.45) is 0 Å². The average molecular weight is 675 g/mol. The van der Waals surface area contributed by atoms with Crippen molar-refractivity contribution in [2.45, 2.75) is 56.7 Å². The number of carboxylic acid groups (broad SMARTS) is 1. The number of alkyl halides is 8. The van der Waals surface area contributed by atoms with Crippen LogP contribution in [0.5, 0.6) is 5.75 Å². The summed E-state index contributed by atoms with van der Waals surface area (Å²) in [6, 6.07) is 4.63. The van der Waals surface area contributed by atoms with E-state index in [9.17, 15) is 44.7 Å². The largest absolute Gasteiger partial charge is 0.496 e. The van der Waals surface area contributed by atoms with Gasteiger partial charge in [0.15, 0.2) is 0 Å². The van der Waals surface area contributed by atoms with Gasteiger partial charge in [-0.3, -0.25) is 9.69 Å². The molecule has 3 aromatic rings. The third kappa shape index (κ3) is 7.17. The highest BCUT2D eigenvalue weighted by molar-refractivity contribution is 5.75. The second-order valence-electron chi connectivity index (χ2n) is 11.2. The first kappa shape index (κ1) is 33.7. The van der Waals surface area contributed by atoms with E-state index < -0.39 is 78.8 Å². The van der Waals surface area contributed by atoms with Crippen LogP contribution in [-0.2, 0) is 34.8 Å². The molecule has 3 heterocycles. The van der Waals surface area contributed by atoms with Crippen LogP contribution in [0.15, 0.2) is 42.6 Å². The van der Waals surface area contributed by atoms with Gasteiger partial charge in [0, 0.05) is 23.7 Å². The Labute approximate surface area is 261 Å². The van der Waals surface area contributed by atoms with Gasteiger partial charge in [-0.05, 0) is 54.8 Å². The minimum atomic E-state index is -5.13. The van der Waals surface area contributed by atoms with Crippen LogP contribution in [0, 0.1) is 0 Å². The van der Waals surface area contributed by atoms with Crippen LogP contribution in [0.2, 0.25) is 0 Å². The van der Waals surface area contributed by atoms with Crippen LogP contribution in [-0.4, -0.2) is 64.2 Å². The molecule has 2 aliphatic rings. The van der Waals surface area contributed by atoms with Crippen molar-refractivity contribution in [3.05, 3.63) is 70.5 Å². The fraction of sp³-hybridized carbons (Fsp3) is 0.400. The minimum Gasteiger partial charge on any atom is -0.496 e. The van der Waals surface area contributed by atoms with Gasteiger partial charge < -0.3 is 19.5 Å². The molecule has 1 N–H and O–H groups in total. The summed E-state index contributed by atoms with van der Waals surface area (Å²) < 4.78 is 119. The maximum atomic E-state index is 13.7. The normalized spacial score (nSPS) is 19.4. The van der Waals surface area contributed by atoms with Crippen LogP contribution in [0.4, 0.5) is 45.9 Å². The predicted octanol–water partition coefficient (Wildman–Crippen LogP) is 6.74. The molecule has 2 aromatic carbocycles. The van der Waals surface area contributed by atoms with Gasteiger partial charge in [0.2, 0.25) is 5.95 Å². The van der Waals surface area contributed by atoms with E-state index in [1.807, 2.05) is 0 Å². The highest BCUT2D eigenvalue weighted by atomic mass is 19.4. The van der Waals surface area contributed by atoms with Crippen LogP contribution in [0.3, 0.4) is 0 Å². The van der Waals surface area contributed by atoms with E-state index >= 15 is 0 Å². The predicted molar refractivity (Wildman–Crippen MR) is 148 cm³/mol. The minimum absolute atomic E-state index is 0.0331. The van der Waals surface area contributed by atoms with Gasteiger partial charge in [0.05, 0.1) is 49.6 Å². The van der Waals surface area contributed by atoms with Crippen molar-refractivity contribution in [3.8, 4) is 16.9 Å². The van der Waals surface area contributed by atoms with Crippen LogP contribution < -0.4 is 9.64 Å². The Morgan fingerprint density at radius 3 is 2.23 bits per heavy atom. The summed E-state index contributed by atoms with van der Waals surface area (Å²) in [6.07, 6.45) is -11.6. The van der Waals surface area contributed by atoms with E-state index in [4.69, 9.17) is 14.6 Å². The number of amides is 1. The number of hydrogen-bond donors (Lipinski definition) is 1. The molecule has 0 aliphatic carbocycles. The second-order valence-corrected chi connectivity index (χ2v) is 11.2. The monoisotopic (exact) mass is 674 g/mol. The average Bonchev–Trinajstić information content (AvgIpc) is 3.26. The Morgan fingerprint density at radius 1 is 1.04 bits per heavy atom. The van der Waals surface area contributed by atoms with E-state index in [2.05, 4.69) is 9.97 Å². The molecule has 252 valence electrons. The zero-order valence-corrected chi connectivity index (χ0v) is 24.6. The molecule has 0 spiro atoms. The van der Waals surface area contributed by atoms with Gasteiger partial charge >= 0.3 is 24.4 Å². The van der Waals surface area contributed by atoms with E-state index in [1.54, 1.807) is 18.2 Å². The van der Waals surface area contributed by atoms with E-state index in [1.165, 1.54) is 25.1 Å². The first-order valence-electron chi connectivity index (χ1n) is 14.0. The summed E-state index contributed by atoms with van der Waals surface area (Å²) in [5.41, 5.74) is -2.43. The first-order valence-corrected chi connectivity index (χ1v) is 14.0. The molecule has 2 aliphatic heterocycles. The summed E-state index contributed by atoms with van der Waals surface area (Å²) in [6.45, 7) is -0.407. The van der Waals surface area contributed by atoms with Crippen molar-refractivity contribution >= 4 is 18.0 Å². The van der Waals surface area contributed by atoms with Crippen LogP contribution in [0.25, 0.3) is 11.1 Å². The molecule has 2 fully saturated rings. The highest BCUT2D eigenvalue weighted by Crippen LogP contribution is 2.42. The van der Waals surface area contributed by atoms with Crippen molar-refractivity contribution in [1.82, 2.24) is 14.9 Å². The number of halogens is 8. The Bertz CT molecular complexity index is 1660. The molecule has 5 rings (SSSR count). The highest BCUT2D eigenvalue weighted by Gasteiger charge is 2.46. The van der Waals surface area contributed by atoms with E-state index in [0.717, 1.165) is 4.90 Å². The summed E-state index contributed by atoms with van der Waals surface area (Å²) in [7, 11) is 1.36. The zero-order valence-electron chi connectivity index (χ0n) is 24.6. The lowest BCUT2D eigenvalue weighted by Crippen LogP contribution is -2.57. The number of carbonyl (C=O) groups is 2. The number of nitrogens with zero attached hydrogens (tertiary/aromatic N) is 4. The number of carbonyl (C=O) groups excluding carboxylic acids is 1. The number of aliphatic carboxylic acids is 1. The lowest BCUT2D eigenvalue weighted by atomic mass is 9.97. The number of carboxylic acids is 1. The first-order chi connectivity index (χ1) is 21.9. The summed E-state index contributed by atoms with van der Waals surface area (Å²) >= 11 is 0. The Hall–Kier alpha value is -4.70.